The van der Waals surface area contributed by atoms with Crippen molar-refractivity contribution in [2.45, 2.75) is 19.8 Å². The first-order chi connectivity index (χ1) is 11.1. The molecular weight excluding hydrogens is 292 g/mol. The maximum Gasteiger partial charge on any atom is 0.238 e. The van der Waals surface area contributed by atoms with Crippen LogP contribution in [0.5, 0.6) is 0 Å². The fourth-order valence-electron chi connectivity index (χ4n) is 2.79. The molecule has 0 aliphatic carbocycles. The fraction of sp³-hybridized carbons (Fsp3) is 0.529. The van der Waals surface area contributed by atoms with E-state index in [9.17, 15) is 9.59 Å². The van der Waals surface area contributed by atoms with Crippen LogP contribution in [0.15, 0.2) is 24.3 Å². The molecule has 126 valence electrons. The van der Waals surface area contributed by atoms with Crippen molar-refractivity contribution in [1.29, 1.82) is 0 Å². The Morgan fingerprint density at radius 2 is 2.04 bits per heavy atom. The summed E-state index contributed by atoms with van der Waals surface area (Å²) in [5.74, 6) is -0.0570. The van der Waals surface area contributed by atoms with Crippen molar-refractivity contribution in [3.8, 4) is 0 Å². The van der Waals surface area contributed by atoms with Crippen molar-refractivity contribution >= 4 is 17.5 Å². The van der Waals surface area contributed by atoms with Gasteiger partial charge in [-0.25, -0.2) is 0 Å². The monoisotopic (exact) mass is 318 g/mol. The normalized spacial score (nSPS) is 18.4. The minimum absolute atomic E-state index is 0.0408. The Labute approximate surface area is 137 Å². The van der Waals surface area contributed by atoms with E-state index in [1.165, 1.54) is 0 Å². The second-order valence-corrected chi connectivity index (χ2v) is 6.07. The van der Waals surface area contributed by atoms with Gasteiger partial charge in [-0.05, 0) is 38.4 Å². The van der Waals surface area contributed by atoms with E-state index in [0.29, 0.717) is 26.2 Å². The van der Waals surface area contributed by atoms with E-state index in [2.05, 4.69) is 10.6 Å². The van der Waals surface area contributed by atoms with Crippen LogP contribution >= 0.6 is 0 Å². The highest BCUT2D eigenvalue weighted by Gasteiger charge is 2.26. The molecule has 1 saturated heterocycles. The van der Waals surface area contributed by atoms with Gasteiger partial charge in [-0.15, -0.1) is 0 Å². The number of nitrogens with zero attached hydrogens (tertiary/aromatic N) is 1. The molecule has 6 nitrogen and oxygen atoms in total. The summed E-state index contributed by atoms with van der Waals surface area (Å²) in [6, 6.07) is 7.72. The van der Waals surface area contributed by atoms with Crippen LogP contribution in [0.2, 0.25) is 0 Å². The summed E-state index contributed by atoms with van der Waals surface area (Å²) in [5.41, 5.74) is 7.36. The van der Waals surface area contributed by atoms with Crippen molar-refractivity contribution in [2.24, 2.45) is 11.7 Å². The number of carbonyl (C=O) groups is 2. The third kappa shape index (κ3) is 5.65. The number of nitrogens with two attached hydrogens (primary N) is 1. The SMILES string of the molecule is Cc1ccc(NC(=O)CN2CCCC(C(=O)NCCN)C2)cc1. The van der Waals surface area contributed by atoms with E-state index in [0.717, 1.165) is 30.6 Å². The first kappa shape index (κ1) is 17.4. The van der Waals surface area contributed by atoms with E-state index in [4.69, 9.17) is 5.73 Å². The minimum atomic E-state index is -0.0533. The first-order valence-corrected chi connectivity index (χ1v) is 8.15. The maximum absolute atomic E-state index is 12.1. The van der Waals surface area contributed by atoms with Gasteiger partial charge in [0.2, 0.25) is 11.8 Å². The number of amides is 2. The second-order valence-electron chi connectivity index (χ2n) is 6.07. The van der Waals surface area contributed by atoms with E-state index in [-0.39, 0.29) is 17.7 Å². The van der Waals surface area contributed by atoms with Crippen molar-refractivity contribution in [3.05, 3.63) is 29.8 Å². The number of hydrogen-bond acceptors (Lipinski definition) is 4. The molecule has 1 aromatic carbocycles. The zero-order chi connectivity index (χ0) is 16.7. The molecule has 1 unspecified atom stereocenters. The second kappa shape index (κ2) is 8.64. The summed E-state index contributed by atoms with van der Waals surface area (Å²) in [6.07, 6.45) is 1.80. The molecule has 0 spiro atoms. The summed E-state index contributed by atoms with van der Waals surface area (Å²) in [6.45, 7) is 4.74. The molecule has 1 heterocycles. The molecule has 2 amide bonds. The Morgan fingerprint density at radius 3 is 2.74 bits per heavy atom. The molecule has 1 aliphatic heterocycles. The molecular formula is C17H26N4O2. The Kier molecular flexibility index (Phi) is 6.55. The van der Waals surface area contributed by atoms with Crippen molar-refractivity contribution in [3.63, 3.8) is 0 Å². The topological polar surface area (TPSA) is 87.5 Å². The van der Waals surface area contributed by atoms with Crippen molar-refractivity contribution in [1.82, 2.24) is 10.2 Å². The van der Waals surface area contributed by atoms with Crippen molar-refractivity contribution < 1.29 is 9.59 Å². The van der Waals surface area contributed by atoms with Crippen LogP contribution in [0.4, 0.5) is 5.69 Å². The fourth-order valence-corrected chi connectivity index (χ4v) is 2.79. The number of hydrogen-bond donors (Lipinski definition) is 3. The molecule has 1 aromatic rings. The first-order valence-electron chi connectivity index (χ1n) is 8.15. The van der Waals surface area contributed by atoms with Crippen LogP contribution in [0.3, 0.4) is 0 Å². The molecule has 1 fully saturated rings. The molecule has 23 heavy (non-hydrogen) atoms. The van der Waals surface area contributed by atoms with Gasteiger partial charge < -0.3 is 16.4 Å². The lowest BCUT2D eigenvalue weighted by molar-refractivity contribution is -0.127. The average molecular weight is 318 g/mol. The Bertz CT molecular complexity index is 530. The number of likely N-dealkylation sites (tertiary alicyclic amines) is 1. The molecule has 0 aromatic heterocycles. The number of rotatable bonds is 6. The summed E-state index contributed by atoms with van der Waals surface area (Å²) < 4.78 is 0. The highest BCUT2D eigenvalue weighted by atomic mass is 16.2. The van der Waals surface area contributed by atoms with Gasteiger partial charge in [0.1, 0.15) is 0 Å². The van der Waals surface area contributed by atoms with Gasteiger partial charge in [0.25, 0.3) is 0 Å². The Balaban J connectivity index is 1.81. The van der Waals surface area contributed by atoms with Gasteiger partial charge in [0.15, 0.2) is 0 Å². The summed E-state index contributed by atoms with van der Waals surface area (Å²) >= 11 is 0. The standard InChI is InChI=1S/C17H26N4O2/c1-13-4-6-15(7-5-13)20-16(22)12-21-10-2-3-14(11-21)17(23)19-9-8-18/h4-7,14H,2-3,8-12,18H2,1H3,(H,19,23)(H,20,22). The number of carbonyl (C=O) groups excluding carboxylic acids is 2. The molecule has 0 bridgehead atoms. The van der Waals surface area contributed by atoms with E-state index < -0.39 is 0 Å². The summed E-state index contributed by atoms with van der Waals surface area (Å²) in [5, 5.41) is 5.73. The molecule has 1 aliphatic rings. The number of aryl methyl sites for hydroxylation is 1. The number of nitrogens with one attached hydrogen (secondary N) is 2. The smallest absolute Gasteiger partial charge is 0.238 e. The largest absolute Gasteiger partial charge is 0.355 e. The predicted molar refractivity (Wildman–Crippen MR) is 91.0 cm³/mol. The summed E-state index contributed by atoms with van der Waals surface area (Å²) in [4.78, 5) is 26.2. The third-order valence-electron chi connectivity index (χ3n) is 4.02. The minimum Gasteiger partial charge on any atom is -0.355 e. The lowest BCUT2D eigenvalue weighted by Crippen LogP contribution is -2.46. The predicted octanol–water partition coefficient (Wildman–Crippen LogP) is 0.720. The average Bonchev–Trinajstić information content (AvgIpc) is 2.55. The van der Waals surface area contributed by atoms with Crippen LogP contribution in [0.1, 0.15) is 18.4 Å². The van der Waals surface area contributed by atoms with Gasteiger partial charge in [-0.2, -0.15) is 0 Å². The van der Waals surface area contributed by atoms with Gasteiger partial charge in [0, 0.05) is 25.3 Å². The van der Waals surface area contributed by atoms with Gasteiger partial charge >= 0.3 is 0 Å². The number of anilines is 1. The highest BCUT2D eigenvalue weighted by Crippen LogP contribution is 2.16. The number of piperidine rings is 1. The van der Waals surface area contributed by atoms with E-state index >= 15 is 0 Å². The van der Waals surface area contributed by atoms with Gasteiger partial charge in [-0.3, -0.25) is 14.5 Å². The van der Waals surface area contributed by atoms with Crippen LogP contribution in [0.25, 0.3) is 0 Å². The molecule has 2 rings (SSSR count). The highest BCUT2D eigenvalue weighted by molar-refractivity contribution is 5.92. The third-order valence-corrected chi connectivity index (χ3v) is 4.02. The molecule has 4 N–H and O–H groups in total. The van der Waals surface area contributed by atoms with E-state index in [1.54, 1.807) is 0 Å². The van der Waals surface area contributed by atoms with Crippen LogP contribution < -0.4 is 16.4 Å². The lowest BCUT2D eigenvalue weighted by Gasteiger charge is -2.31. The van der Waals surface area contributed by atoms with Crippen LogP contribution in [0, 0.1) is 12.8 Å². The quantitative estimate of drug-likeness (QED) is 0.721. The van der Waals surface area contributed by atoms with Crippen LogP contribution in [-0.4, -0.2) is 49.4 Å². The van der Waals surface area contributed by atoms with Crippen molar-refractivity contribution in [2.75, 3.05) is 38.0 Å². The Hall–Kier alpha value is -1.92. The molecule has 0 saturated carbocycles. The summed E-state index contributed by atoms with van der Waals surface area (Å²) in [7, 11) is 0. The Morgan fingerprint density at radius 1 is 1.30 bits per heavy atom. The molecule has 6 heteroatoms. The van der Waals surface area contributed by atoms with Gasteiger partial charge in [0.05, 0.1) is 12.5 Å². The molecule has 1 atom stereocenters. The zero-order valence-electron chi connectivity index (χ0n) is 13.7. The molecule has 0 radical (unpaired) electrons. The van der Waals surface area contributed by atoms with Gasteiger partial charge in [-0.1, -0.05) is 17.7 Å². The zero-order valence-corrected chi connectivity index (χ0v) is 13.7. The lowest BCUT2D eigenvalue weighted by atomic mass is 9.97. The van der Waals surface area contributed by atoms with Crippen LogP contribution in [-0.2, 0) is 9.59 Å². The maximum atomic E-state index is 12.1. The van der Waals surface area contributed by atoms with E-state index in [1.807, 2.05) is 36.1 Å². The number of benzene rings is 1.